The van der Waals surface area contributed by atoms with E-state index in [0.29, 0.717) is 6.61 Å². The van der Waals surface area contributed by atoms with E-state index in [-0.39, 0.29) is 6.54 Å². The lowest BCUT2D eigenvalue weighted by Gasteiger charge is -2.14. The average Bonchev–Trinajstić information content (AvgIpc) is 2.42. The van der Waals surface area contributed by atoms with Gasteiger partial charge in [-0.2, -0.15) is 0 Å². The summed E-state index contributed by atoms with van der Waals surface area (Å²) in [5, 5.41) is 4.77. The number of nitrogens with one attached hydrogen (secondary N) is 2. The number of amides is 2. The zero-order chi connectivity index (χ0) is 16.0. The zero-order valence-electron chi connectivity index (χ0n) is 11.7. The van der Waals surface area contributed by atoms with Crippen LogP contribution in [0.15, 0.2) is 12.1 Å². The van der Waals surface area contributed by atoms with Gasteiger partial charge in [0, 0.05) is 13.7 Å². The first-order valence-corrected chi connectivity index (χ1v) is 6.18. The van der Waals surface area contributed by atoms with Gasteiger partial charge in [-0.3, -0.25) is 9.59 Å². The molecular formula is C13H17F2N3O3. The third kappa shape index (κ3) is 4.67. The van der Waals surface area contributed by atoms with Crippen molar-refractivity contribution in [3.63, 3.8) is 0 Å². The van der Waals surface area contributed by atoms with Gasteiger partial charge in [0.15, 0.2) is 5.82 Å². The predicted molar refractivity (Wildman–Crippen MR) is 72.6 cm³/mol. The van der Waals surface area contributed by atoms with Gasteiger partial charge in [-0.1, -0.05) is 0 Å². The molecule has 0 aliphatic carbocycles. The number of carbonyl (C=O) groups is 2. The fourth-order valence-corrected chi connectivity index (χ4v) is 1.54. The lowest BCUT2D eigenvalue weighted by Crippen LogP contribution is -2.45. The molecule has 21 heavy (non-hydrogen) atoms. The summed E-state index contributed by atoms with van der Waals surface area (Å²) in [7, 11) is 1.48. The molecule has 0 aliphatic heterocycles. The summed E-state index contributed by atoms with van der Waals surface area (Å²) in [6.45, 7) is 2.01. The number of anilines is 1. The molecule has 0 radical (unpaired) electrons. The lowest BCUT2D eigenvalue weighted by molar-refractivity contribution is -0.122. The van der Waals surface area contributed by atoms with E-state index in [9.17, 15) is 18.4 Å². The second-order valence-corrected chi connectivity index (χ2v) is 4.34. The van der Waals surface area contributed by atoms with E-state index in [0.717, 1.165) is 12.1 Å². The fourth-order valence-electron chi connectivity index (χ4n) is 1.54. The van der Waals surface area contributed by atoms with Gasteiger partial charge in [-0.25, -0.2) is 8.78 Å². The van der Waals surface area contributed by atoms with Crippen LogP contribution >= 0.6 is 0 Å². The monoisotopic (exact) mass is 301 g/mol. The van der Waals surface area contributed by atoms with Gasteiger partial charge in [-0.05, 0) is 19.1 Å². The number of hydrogen-bond acceptors (Lipinski definition) is 4. The molecule has 1 rings (SSSR count). The molecule has 1 unspecified atom stereocenters. The Kier molecular flexibility index (Phi) is 6.04. The molecule has 0 aliphatic rings. The topological polar surface area (TPSA) is 93.5 Å². The molecule has 1 atom stereocenters. The molecule has 4 N–H and O–H groups in total. The number of ether oxygens (including phenoxy) is 1. The fraction of sp³-hybridized carbons (Fsp3) is 0.385. The molecule has 1 aromatic carbocycles. The van der Waals surface area contributed by atoms with Crippen molar-refractivity contribution in [2.45, 2.75) is 13.0 Å². The summed E-state index contributed by atoms with van der Waals surface area (Å²) in [6, 6.07) is 0.571. The number of hydrogen-bond donors (Lipinski definition) is 3. The zero-order valence-corrected chi connectivity index (χ0v) is 11.7. The Morgan fingerprint density at radius 1 is 1.38 bits per heavy atom. The van der Waals surface area contributed by atoms with Crippen molar-refractivity contribution in [2.24, 2.45) is 0 Å². The van der Waals surface area contributed by atoms with Crippen LogP contribution < -0.4 is 16.4 Å². The van der Waals surface area contributed by atoms with Crippen LogP contribution in [0.3, 0.4) is 0 Å². The van der Waals surface area contributed by atoms with E-state index in [1.54, 1.807) is 0 Å². The van der Waals surface area contributed by atoms with E-state index in [2.05, 4.69) is 10.6 Å². The first-order chi connectivity index (χ1) is 9.86. The Morgan fingerprint density at radius 2 is 2.05 bits per heavy atom. The SMILES string of the molecule is COCCNC(=O)C(C)NC(=O)c1cc(F)cc(N)c1F. The minimum absolute atomic E-state index is 0.275. The molecule has 8 heteroatoms. The minimum Gasteiger partial charge on any atom is -0.396 e. The molecule has 2 amide bonds. The van der Waals surface area contributed by atoms with Gasteiger partial charge in [0.05, 0.1) is 17.9 Å². The van der Waals surface area contributed by atoms with Crippen molar-refractivity contribution < 1.29 is 23.1 Å². The quantitative estimate of drug-likeness (QED) is 0.524. The van der Waals surface area contributed by atoms with E-state index in [1.807, 2.05) is 0 Å². The highest BCUT2D eigenvalue weighted by molar-refractivity contribution is 5.98. The van der Waals surface area contributed by atoms with Gasteiger partial charge in [0.1, 0.15) is 11.9 Å². The molecule has 0 saturated carbocycles. The molecular weight excluding hydrogens is 284 g/mol. The third-order valence-corrected chi connectivity index (χ3v) is 2.66. The smallest absolute Gasteiger partial charge is 0.255 e. The molecule has 0 bridgehead atoms. The highest BCUT2D eigenvalue weighted by Gasteiger charge is 2.20. The van der Waals surface area contributed by atoms with Gasteiger partial charge in [-0.15, -0.1) is 0 Å². The second-order valence-electron chi connectivity index (χ2n) is 4.34. The first kappa shape index (κ1) is 16.8. The number of nitrogens with two attached hydrogens (primary N) is 1. The lowest BCUT2D eigenvalue weighted by atomic mass is 10.1. The van der Waals surface area contributed by atoms with Crippen molar-refractivity contribution in [2.75, 3.05) is 26.0 Å². The predicted octanol–water partition coefficient (Wildman–Crippen LogP) is 0.428. The molecule has 1 aromatic rings. The number of methoxy groups -OCH3 is 1. The molecule has 116 valence electrons. The third-order valence-electron chi connectivity index (χ3n) is 2.66. The number of nitrogen functional groups attached to an aromatic ring is 1. The Morgan fingerprint density at radius 3 is 2.67 bits per heavy atom. The second kappa shape index (κ2) is 7.53. The maximum Gasteiger partial charge on any atom is 0.255 e. The van der Waals surface area contributed by atoms with Crippen LogP contribution in [0.4, 0.5) is 14.5 Å². The van der Waals surface area contributed by atoms with Crippen molar-refractivity contribution in [3.8, 4) is 0 Å². The van der Waals surface area contributed by atoms with Crippen molar-refractivity contribution in [1.29, 1.82) is 0 Å². The summed E-state index contributed by atoms with van der Waals surface area (Å²) in [6.07, 6.45) is 0. The highest BCUT2D eigenvalue weighted by Crippen LogP contribution is 2.17. The van der Waals surface area contributed by atoms with E-state index < -0.39 is 40.7 Å². The number of carbonyl (C=O) groups excluding carboxylic acids is 2. The van der Waals surface area contributed by atoms with Crippen LogP contribution in [-0.4, -0.2) is 38.1 Å². The van der Waals surface area contributed by atoms with E-state index >= 15 is 0 Å². The molecule has 0 heterocycles. The number of rotatable bonds is 6. The standard InChI is InChI=1S/C13H17F2N3O3/c1-7(12(19)17-3-4-21-2)18-13(20)9-5-8(14)6-10(16)11(9)15/h5-7H,3-4,16H2,1-2H3,(H,17,19)(H,18,20). The maximum absolute atomic E-state index is 13.7. The van der Waals surface area contributed by atoms with Crippen LogP contribution in [0, 0.1) is 11.6 Å². The summed E-state index contributed by atoms with van der Waals surface area (Å²) in [5.41, 5.74) is 4.22. The van der Waals surface area contributed by atoms with E-state index in [4.69, 9.17) is 10.5 Å². The maximum atomic E-state index is 13.7. The van der Waals surface area contributed by atoms with Gasteiger partial charge >= 0.3 is 0 Å². The van der Waals surface area contributed by atoms with Crippen molar-refractivity contribution in [3.05, 3.63) is 29.3 Å². The van der Waals surface area contributed by atoms with Crippen LogP contribution in [-0.2, 0) is 9.53 Å². The first-order valence-electron chi connectivity index (χ1n) is 6.18. The average molecular weight is 301 g/mol. The van der Waals surface area contributed by atoms with E-state index in [1.165, 1.54) is 14.0 Å². The van der Waals surface area contributed by atoms with Crippen LogP contribution in [0.2, 0.25) is 0 Å². The normalized spacial score (nSPS) is 11.8. The van der Waals surface area contributed by atoms with Crippen LogP contribution in [0.25, 0.3) is 0 Å². The number of halogens is 2. The van der Waals surface area contributed by atoms with Crippen LogP contribution in [0.5, 0.6) is 0 Å². The number of benzene rings is 1. The molecule has 6 nitrogen and oxygen atoms in total. The Balaban J connectivity index is 2.71. The Hall–Kier alpha value is -2.22. The highest BCUT2D eigenvalue weighted by atomic mass is 19.1. The van der Waals surface area contributed by atoms with Gasteiger partial charge < -0.3 is 21.1 Å². The van der Waals surface area contributed by atoms with Gasteiger partial charge in [0.2, 0.25) is 5.91 Å². The summed E-state index contributed by atoms with van der Waals surface area (Å²) < 4.78 is 31.6. The van der Waals surface area contributed by atoms with Crippen molar-refractivity contribution >= 4 is 17.5 Å². The molecule has 0 aromatic heterocycles. The summed E-state index contributed by atoms with van der Waals surface area (Å²) in [5.74, 6) is -3.25. The Labute approximate surface area is 120 Å². The Bertz CT molecular complexity index is 538. The molecule has 0 fully saturated rings. The molecule has 0 saturated heterocycles. The molecule has 0 spiro atoms. The van der Waals surface area contributed by atoms with Gasteiger partial charge in [0.25, 0.3) is 5.91 Å². The van der Waals surface area contributed by atoms with Crippen molar-refractivity contribution in [1.82, 2.24) is 10.6 Å². The largest absolute Gasteiger partial charge is 0.396 e. The van der Waals surface area contributed by atoms with Crippen LogP contribution in [0.1, 0.15) is 17.3 Å². The summed E-state index contributed by atoms with van der Waals surface area (Å²) in [4.78, 5) is 23.5. The summed E-state index contributed by atoms with van der Waals surface area (Å²) >= 11 is 0. The minimum atomic E-state index is -1.03.